The third kappa shape index (κ3) is 3.77. The number of carbonyl (C=O) groups is 1. The van der Waals surface area contributed by atoms with Gasteiger partial charge in [-0.05, 0) is 21.1 Å². The zero-order chi connectivity index (χ0) is 11.3. The van der Waals surface area contributed by atoms with E-state index in [1.807, 2.05) is 19.0 Å². The molecular formula is C10H21N3O2. The van der Waals surface area contributed by atoms with Gasteiger partial charge in [0, 0.05) is 19.6 Å². The van der Waals surface area contributed by atoms with Crippen molar-refractivity contribution >= 4 is 5.91 Å². The van der Waals surface area contributed by atoms with Crippen molar-refractivity contribution in [2.75, 3.05) is 54.0 Å². The highest BCUT2D eigenvalue weighted by Crippen LogP contribution is 2.02. The predicted molar refractivity (Wildman–Crippen MR) is 58.8 cm³/mol. The molecule has 1 atom stereocenters. The molecule has 0 spiro atoms. The summed E-state index contributed by atoms with van der Waals surface area (Å²) in [5, 5.41) is 2.98. The molecule has 0 aromatic carbocycles. The Balaban J connectivity index is 2.49. The van der Waals surface area contributed by atoms with Crippen LogP contribution in [-0.2, 0) is 9.53 Å². The van der Waals surface area contributed by atoms with Crippen LogP contribution in [0.15, 0.2) is 0 Å². The number of likely N-dealkylation sites (N-methyl/N-ethyl adjacent to an activating group) is 2. The van der Waals surface area contributed by atoms with Gasteiger partial charge in [0.25, 0.3) is 0 Å². The Morgan fingerprint density at radius 2 is 2.33 bits per heavy atom. The number of hydrogen-bond donors (Lipinski definition) is 1. The lowest BCUT2D eigenvalue weighted by Gasteiger charge is -2.24. The molecule has 1 amide bonds. The molecule has 1 fully saturated rings. The van der Waals surface area contributed by atoms with Gasteiger partial charge >= 0.3 is 0 Å². The Bertz CT molecular complexity index is 209. The molecular weight excluding hydrogens is 194 g/mol. The normalized spacial score (nSPS) is 23.3. The van der Waals surface area contributed by atoms with E-state index in [9.17, 15) is 4.79 Å². The Hall–Kier alpha value is -0.650. The summed E-state index contributed by atoms with van der Waals surface area (Å²) in [5.41, 5.74) is 0. The topological polar surface area (TPSA) is 44.8 Å². The second kappa shape index (κ2) is 6.05. The molecule has 1 saturated heterocycles. The van der Waals surface area contributed by atoms with Crippen LogP contribution in [0.3, 0.4) is 0 Å². The maximum atomic E-state index is 12.0. The molecule has 5 heteroatoms. The maximum Gasteiger partial charge on any atom is 0.242 e. The van der Waals surface area contributed by atoms with Gasteiger partial charge in [0.15, 0.2) is 0 Å². The molecule has 5 nitrogen and oxygen atoms in total. The van der Waals surface area contributed by atoms with E-state index in [1.54, 1.807) is 7.05 Å². The van der Waals surface area contributed by atoms with E-state index in [4.69, 9.17) is 4.74 Å². The van der Waals surface area contributed by atoms with Crippen molar-refractivity contribution in [3.05, 3.63) is 0 Å². The van der Waals surface area contributed by atoms with Crippen LogP contribution in [0.25, 0.3) is 0 Å². The van der Waals surface area contributed by atoms with Crippen LogP contribution >= 0.6 is 0 Å². The summed E-state index contributed by atoms with van der Waals surface area (Å²) in [5.74, 6) is 0.150. The van der Waals surface area contributed by atoms with Crippen molar-refractivity contribution in [2.45, 2.75) is 6.04 Å². The molecule has 0 aliphatic carbocycles. The number of amides is 1. The maximum absolute atomic E-state index is 12.0. The zero-order valence-electron chi connectivity index (χ0n) is 9.82. The zero-order valence-corrected chi connectivity index (χ0v) is 9.82. The van der Waals surface area contributed by atoms with Crippen molar-refractivity contribution in [3.8, 4) is 0 Å². The Morgan fingerprint density at radius 1 is 1.60 bits per heavy atom. The molecule has 1 aliphatic rings. The van der Waals surface area contributed by atoms with E-state index in [2.05, 4.69) is 10.2 Å². The quantitative estimate of drug-likeness (QED) is 0.653. The molecule has 1 N–H and O–H groups in total. The van der Waals surface area contributed by atoms with Crippen LogP contribution in [0.1, 0.15) is 0 Å². The molecule has 0 aromatic heterocycles. The van der Waals surface area contributed by atoms with Crippen molar-refractivity contribution in [3.63, 3.8) is 0 Å². The second-order valence-electron chi connectivity index (χ2n) is 4.04. The Morgan fingerprint density at radius 3 is 2.93 bits per heavy atom. The summed E-state index contributed by atoms with van der Waals surface area (Å²) < 4.78 is 5.37. The van der Waals surface area contributed by atoms with Gasteiger partial charge in [-0.2, -0.15) is 0 Å². The molecule has 1 rings (SSSR count). The summed E-state index contributed by atoms with van der Waals surface area (Å²) >= 11 is 0. The fraction of sp³-hybridized carbons (Fsp3) is 0.900. The first-order chi connectivity index (χ1) is 7.15. The minimum absolute atomic E-state index is 0.150. The van der Waals surface area contributed by atoms with Gasteiger partial charge < -0.3 is 19.9 Å². The van der Waals surface area contributed by atoms with Crippen molar-refractivity contribution in [2.24, 2.45) is 0 Å². The largest absolute Gasteiger partial charge is 0.377 e. The SMILES string of the molecule is CNC1COCCN(CCN(C)C)C1=O. The van der Waals surface area contributed by atoms with E-state index in [1.165, 1.54) is 0 Å². The highest BCUT2D eigenvalue weighted by Gasteiger charge is 2.25. The lowest BCUT2D eigenvalue weighted by Crippen LogP contribution is -2.47. The standard InChI is InChI=1S/C10H21N3O2/c1-11-9-8-15-7-6-13(10(9)14)5-4-12(2)3/h9,11H,4-8H2,1-3H3. The van der Waals surface area contributed by atoms with Gasteiger partial charge in [-0.1, -0.05) is 0 Å². The van der Waals surface area contributed by atoms with Crippen LogP contribution in [0.4, 0.5) is 0 Å². The summed E-state index contributed by atoms with van der Waals surface area (Å²) in [4.78, 5) is 15.9. The average Bonchev–Trinajstić information content (AvgIpc) is 2.37. The molecule has 1 aliphatic heterocycles. The van der Waals surface area contributed by atoms with Crippen LogP contribution < -0.4 is 5.32 Å². The molecule has 88 valence electrons. The van der Waals surface area contributed by atoms with E-state index < -0.39 is 0 Å². The summed E-state index contributed by atoms with van der Waals surface area (Å²) in [7, 11) is 5.81. The smallest absolute Gasteiger partial charge is 0.242 e. The van der Waals surface area contributed by atoms with Crippen LogP contribution in [0, 0.1) is 0 Å². The fourth-order valence-electron chi connectivity index (χ4n) is 1.53. The third-order valence-corrected chi connectivity index (χ3v) is 2.57. The monoisotopic (exact) mass is 215 g/mol. The summed E-state index contributed by atoms with van der Waals surface area (Å²) in [6.07, 6.45) is 0. The molecule has 0 aromatic rings. The number of hydrogen-bond acceptors (Lipinski definition) is 4. The summed E-state index contributed by atoms with van der Waals surface area (Å²) in [6.45, 7) is 3.48. The number of carbonyl (C=O) groups excluding carboxylic acids is 1. The van der Waals surface area contributed by atoms with E-state index >= 15 is 0 Å². The van der Waals surface area contributed by atoms with E-state index in [0.29, 0.717) is 19.8 Å². The molecule has 1 unspecified atom stereocenters. The van der Waals surface area contributed by atoms with Crippen molar-refractivity contribution < 1.29 is 9.53 Å². The Kier molecular flexibility index (Phi) is 5.01. The first-order valence-electron chi connectivity index (χ1n) is 5.33. The Labute approximate surface area is 91.4 Å². The third-order valence-electron chi connectivity index (χ3n) is 2.57. The average molecular weight is 215 g/mol. The molecule has 0 radical (unpaired) electrons. The lowest BCUT2D eigenvalue weighted by molar-refractivity contribution is -0.132. The predicted octanol–water partition coefficient (Wildman–Crippen LogP) is -1.01. The minimum Gasteiger partial charge on any atom is -0.377 e. The first kappa shape index (κ1) is 12.4. The molecule has 1 heterocycles. The van der Waals surface area contributed by atoms with Crippen molar-refractivity contribution in [1.82, 2.24) is 15.1 Å². The highest BCUT2D eigenvalue weighted by molar-refractivity contribution is 5.82. The van der Waals surface area contributed by atoms with Crippen molar-refractivity contribution in [1.29, 1.82) is 0 Å². The van der Waals surface area contributed by atoms with Gasteiger partial charge in [-0.15, -0.1) is 0 Å². The highest BCUT2D eigenvalue weighted by atomic mass is 16.5. The van der Waals surface area contributed by atoms with Crippen LogP contribution in [0.2, 0.25) is 0 Å². The van der Waals surface area contributed by atoms with Gasteiger partial charge in [-0.3, -0.25) is 4.79 Å². The molecule has 0 bridgehead atoms. The van der Waals surface area contributed by atoms with E-state index in [0.717, 1.165) is 13.1 Å². The fourth-order valence-corrected chi connectivity index (χ4v) is 1.53. The number of rotatable bonds is 4. The van der Waals surface area contributed by atoms with E-state index in [-0.39, 0.29) is 11.9 Å². The van der Waals surface area contributed by atoms with Gasteiger partial charge in [-0.25, -0.2) is 0 Å². The van der Waals surface area contributed by atoms with Gasteiger partial charge in [0.2, 0.25) is 5.91 Å². The molecule has 15 heavy (non-hydrogen) atoms. The summed E-state index contributed by atoms with van der Waals surface area (Å²) in [6, 6.07) is -0.185. The number of nitrogens with zero attached hydrogens (tertiary/aromatic N) is 2. The van der Waals surface area contributed by atoms with Crippen LogP contribution in [-0.4, -0.2) is 75.7 Å². The number of ether oxygens (including phenoxy) is 1. The lowest BCUT2D eigenvalue weighted by atomic mass is 10.2. The number of nitrogens with one attached hydrogen (secondary N) is 1. The molecule has 0 saturated carbocycles. The van der Waals surface area contributed by atoms with Gasteiger partial charge in [0.05, 0.1) is 13.2 Å². The second-order valence-corrected chi connectivity index (χ2v) is 4.04. The van der Waals surface area contributed by atoms with Gasteiger partial charge in [0.1, 0.15) is 6.04 Å². The minimum atomic E-state index is -0.185. The van der Waals surface area contributed by atoms with Crippen LogP contribution in [0.5, 0.6) is 0 Å². The first-order valence-corrected chi connectivity index (χ1v) is 5.33.